The van der Waals surface area contributed by atoms with Crippen LogP contribution < -0.4 is 5.32 Å². The van der Waals surface area contributed by atoms with Crippen molar-refractivity contribution in [3.05, 3.63) is 95.1 Å². The van der Waals surface area contributed by atoms with Gasteiger partial charge in [-0.05, 0) is 61.8 Å². The second-order valence-electron chi connectivity index (χ2n) is 13.0. The summed E-state index contributed by atoms with van der Waals surface area (Å²) in [5.74, 6) is -1.46. The van der Waals surface area contributed by atoms with Crippen molar-refractivity contribution in [1.29, 1.82) is 0 Å². The van der Waals surface area contributed by atoms with Crippen molar-refractivity contribution in [3.8, 4) is 11.3 Å². The molecule has 0 spiro atoms. The molecule has 52 heavy (non-hydrogen) atoms. The van der Waals surface area contributed by atoms with E-state index in [1.807, 2.05) is 4.90 Å². The van der Waals surface area contributed by atoms with Crippen molar-refractivity contribution >= 4 is 26.6 Å². The number of nitrogens with one attached hydrogen (secondary N) is 1. The normalized spacial score (nSPS) is 17.7. The van der Waals surface area contributed by atoms with Crippen LogP contribution in [-0.4, -0.2) is 86.5 Å². The highest BCUT2D eigenvalue weighted by Gasteiger charge is 2.43. The minimum absolute atomic E-state index is 0.00432. The molecule has 2 fully saturated rings. The quantitative estimate of drug-likeness (QED) is 0.184. The molecule has 1 N–H and O–H groups in total. The minimum atomic E-state index is -4.93. The van der Waals surface area contributed by atoms with Crippen LogP contribution >= 0.6 is 0 Å². The van der Waals surface area contributed by atoms with E-state index in [9.17, 15) is 39.6 Å². The molecule has 2 aliphatic heterocycles. The number of benzene rings is 3. The molecule has 1 atom stereocenters. The Balaban J connectivity index is 1.53. The van der Waals surface area contributed by atoms with Crippen LogP contribution in [0.3, 0.4) is 0 Å². The lowest BCUT2D eigenvalue weighted by molar-refractivity contribution is -0.155. The Bertz CT molecular complexity index is 2010. The molecule has 15 heteroatoms. The van der Waals surface area contributed by atoms with Crippen LogP contribution in [0, 0.1) is 0 Å². The van der Waals surface area contributed by atoms with Gasteiger partial charge in [-0.1, -0.05) is 49.4 Å². The summed E-state index contributed by atoms with van der Waals surface area (Å²) in [5.41, 5.74) is -1.38. The maximum absolute atomic E-state index is 14.6. The van der Waals surface area contributed by atoms with E-state index in [0.29, 0.717) is 26.3 Å². The number of hydrogen-bond donors (Lipinski definition) is 1. The Kier molecular flexibility index (Phi) is 11.0. The number of carbonyl (C=O) groups excluding carboxylic acids is 1. The zero-order valence-corrected chi connectivity index (χ0v) is 29.1. The summed E-state index contributed by atoms with van der Waals surface area (Å²) >= 11 is 0. The third kappa shape index (κ3) is 8.27. The van der Waals surface area contributed by atoms with Gasteiger partial charge in [0.15, 0.2) is 15.9 Å². The van der Waals surface area contributed by atoms with E-state index in [1.54, 1.807) is 0 Å². The number of pyridine rings is 1. The summed E-state index contributed by atoms with van der Waals surface area (Å²) in [6, 6.07) is 12.8. The maximum atomic E-state index is 14.6. The predicted molar refractivity (Wildman–Crippen MR) is 183 cm³/mol. The van der Waals surface area contributed by atoms with Crippen LogP contribution in [0.2, 0.25) is 0 Å². The molecule has 0 bridgehead atoms. The molecular weight excluding hydrogens is 710 g/mol. The molecular formula is C37H38F6N4O4S. The minimum Gasteiger partial charge on any atom is -0.379 e. The van der Waals surface area contributed by atoms with Crippen molar-refractivity contribution in [2.24, 2.45) is 0 Å². The second kappa shape index (κ2) is 15.1. The van der Waals surface area contributed by atoms with Crippen molar-refractivity contribution in [2.45, 2.75) is 55.6 Å². The fourth-order valence-corrected chi connectivity index (χ4v) is 7.85. The molecule has 6 rings (SSSR count). The van der Waals surface area contributed by atoms with Gasteiger partial charge in [0.2, 0.25) is 0 Å². The summed E-state index contributed by atoms with van der Waals surface area (Å²) < 4.78 is 117. The van der Waals surface area contributed by atoms with Gasteiger partial charge in [-0.2, -0.15) is 26.3 Å². The second-order valence-corrected chi connectivity index (χ2v) is 15.3. The maximum Gasteiger partial charge on any atom is 0.416 e. The first kappa shape index (κ1) is 37.7. The summed E-state index contributed by atoms with van der Waals surface area (Å²) in [5, 5.41) is 2.11. The number of fused-ring (bicyclic) bond motifs is 1. The van der Waals surface area contributed by atoms with Crippen LogP contribution in [0.5, 0.6) is 0 Å². The van der Waals surface area contributed by atoms with Crippen LogP contribution in [0.15, 0.2) is 77.7 Å². The molecule has 4 aromatic rings. The third-order valence-corrected chi connectivity index (χ3v) is 11.5. The van der Waals surface area contributed by atoms with Gasteiger partial charge in [-0.25, -0.2) is 13.4 Å². The van der Waals surface area contributed by atoms with Crippen molar-refractivity contribution in [3.63, 3.8) is 0 Å². The number of hydrogen-bond acceptors (Lipinski definition) is 7. The van der Waals surface area contributed by atoms with E-state index in [-0.39, 0.29) is 62.1 Å². The first-order valence-corrected chi connectivity index (χ1v) is 18.6. The first-order valence-electron chi connectivity index (χ1n) is 17.0. The topological polar surface area (TPSA) is 91.8 Å². The van der Waals surface area contributed by atoms with E-state index in [1.165, 1.54) is 67.6 Å². The molecule has 3 aromatic carbocycles. The molecule has 1 amide bonds. The Hall–Kier alpha value is -4.05. The number of halogens is 6. The molecule has 2 saturated heterocycles. The van der Waals surface area contributed by atoms with Crippen molar-refractivity contribution < 1.29 is 44.3 Å². The summed E-state index contributed by atoms with van der Waals surface area (Å²) in [4.78, 5) is 23.3. The lowest BCUT2D eigenvalue weighted by Gasteiger charge is -2.40. The van der Waals surface area contributed by atoms with Gasteiger partial charge in [0.25, 0.3) is 5.91 Å². The van der Waals surface area contributed by atoms with Gasteiger partial charge < -0.3 is 10.1 Å². The molecule has 1 aromatic heterocycles. The molecule has 0 saturated carbocycles. The monoisotopic (exact) mass is 748 g/mol. The largest absolute Gasteiger partial charge is 0.416 e. The zero-order valence-electron chi connectivity index (χ0n) is 28.3. The van der Waals surface area contributed by atoms with E-state index in [4.69, 9.17) is 4.74 Å². The predicted octanol–water partition coefficient (Wildman–Crippen LogP) is 7.04. The number of ether oxygens (including phenoxy) is 1. The number of alkyl halides is 6. The number of amides is 1. The SMILES string of the molecule is CCS(=O)(=O)c1ccc2nc(-c3cccc(C(F)(F)F)c3)c(CN3CCC(N4CCOCC4)CC3)c(C(=O)N[C@H](c3ccccc3)C(F)(F)F)c2c1. The van der Waals surface area contributed by atoms with E-state index in [0.717, 1.165) is 38.1 Å². The summed E-state index contributed by atoms with van der Waals surface area (Å²) in [6.07, 6.45) is -8.16. The van der Waals surface area contributed by atoms with Gasteiger partial charge in [0, 0.05) is 42.2 Å². The smallest absolute Gasteiger partial charge is 0.379 e. The van der Waals surface area contributed by atoms with E-state index < -0.39 is 39.7 Å². The molecule has 0 radical (unpaired) electrons. The van der Waals surface area contributed by atoms with Crippen LogP contribution in [-0.2, 0) is 27.3 Å². The highest BCUT2D eigenvalue weighted by atomic mass is 32.2. The number of rotatable bonds is 9. The standard InChI is InChI=1S/C37H38F6N4O4S/c1-2-52(49,50)28-11-12-31-29(22-28)32(35(48)45-34(37(41,42)43)24-7-4-3-5-8-24)30(33(44-31)25-9-6-10-26(21-25)36(38,39)40)23-46-15-13-27(14-16-46)47-17-19-51-20-18-47/h3-12,21-22,27,34H,2,13-20,23H2,1H3,(H,45,48)/t34-/m1/s1. The van der Waals surface area contributed by atoms with E-state index in [2.05, 4.69) is 15.2 Å². The first-order chi connectivity index (χ1) is 24.7. The van der Waals surface area contributed by atoms with Crippen LogP contribution in [0.4, 0.5) is 26.3 Å². The lowest BCUT2D eigenvalue weighted by atomic mass is 9.93. The molecule has 3 heterocycles. The van der Waals surface area contributed by atoms with Gasteiger partial charge in [-0.15, -0.1) is 0 Å². The van der Waals surface area contributed by atoms with Crippen LogP contribution in [0.1, 0.15) is 52.9 Å². The number of morpholine rings is 1. The summed E-state index contributed by atoms with van der Waals surface area (Å²) in [6.45, 7) is 5.27. The van der Waals surface area contributed by atoms with Crippen molar-refractivity contribution in [2.75, 3.05) is 45.1 Å². The van der Waals surface area contributed by atoms with Crippen LogP contribution in [0.25, 0.3) is 22.2 Å². The average Bonchev–Trinajstić information content (AvgIpc) is 3.13. The van der Waals surface area contributed by atoms with E-state index >= 15 is 0 Å². The molecule has 2 aliphatic rings. The Morgan fingerprint density at radius 1 is 0.923 bits per heavy atom. The fraction of sp³-hybridized carbons (Fsp3) is 0.405. The fourth-order valence-electron chi connectivity index (χ4n) is 6.95. The number of carbonyl (C=O) groups is 1. The summed E-state index contributed by atoms with van der Waals surface area (Å²) in [7, 11) is -3.85. The Labute approximate surface area is 297 Å². The number of nitrogens with zero attached hydrogens (tertiary/aromatic N) is 3. The van der Waals surface area contributed by atoms with Gasteiger partial charge in [0.1, 0.15) is 0 Å². The molecule has 0 aliphatic carbocycles. The average molecular weight is 749 g/mol. The number of likely N-dealkylation sites (tertiary alicyclic amines) is 1. The highest BCUT2D eigenvalue weighted by Crippen LogP contribution is 2.38. The van der Waals surface area contributed by atoms with Gasteiger partial charge in [0.05, 0.1) is 46.2 Å². The van der Waals surface area contributed by atoms with Gasteiger partial charge >= 0.3 is 12.4 Å². The molecule has 0 unspecified atom stereocenters. The third-order valence-electron chi connectivity index (χ3n) is 9.72. The Morgan fingerprint density at radius 3 is 2.25 bits per heavy atom. The number of sulfone groups is 1. The number of piperidine rings is 1. The molecule has 278 valence electrons. The highest BCUT2D eigenvalue weighted by molar-refractivity contribution is 7.91. The Morgan fingerprint density at radius 2 is 1.62 bits per heavy atom. The lowest BCUT2D eigenvalue weighted by Crippen LogP contribution is -2.48. The van der Waals surface area contributed by atoms with Crippen molar-refractivity contribution in [1.82, 2.24) is 20.1 Å². The molecule has 8 nitrogen and oxygen atoms in total. The zero-order chi connectivity index (χ0) is 37.3. The number of aromatic nitrogens is 1. The van der Waals surface area contributed by atoms with Gasteiger partial charge in [-0.3, -0.25) is 14.6 Å².